The zero-order valence-corrected chi connectivity index (χ0v) is 8.61. The minimum absolute atomic E-state index is 0.00690. The fourth-order valence-electron chi connectivity index (χ4n) is 1.03. The summed E-state index contributed by atoms with van der Waals surface area (Å²) in [6.07, 6.45) is 0.0259. The lowest BCUT2D eigenvalue weighted by Gasteiger charge is -2.05. The Kier molecular flexibility index (Phi) is 3.42. The van der Waals surface area contributed by atoms with Gasteiger partial charge < -0.3 is 5.11 Å². The van der Waals surface area contributed by atoms with Gasteiger partial charge in [0.1, 0.15) is 17.4 Å². The van der Waals surface area contributed by atoms with E-state index in [0.717, 1.165) is 6.07 Å². The highest BCUT2D eigenvalue weighted by Crippen LogP contribution is 2.31. The molecule has 1 rings (SSSR count). The van der Waals surface area contributed by atoms with Crippen molar-refractivity contribution in [1.82, 2.24) is 0 Å². The summed E-state index contributed by atoms with van der Waals surface area (Å²) in [6.45, 7) is 0. The molecule has 0 fully saturated rings. The third-order valence-corrected chi connectivity index (χ3v) is 2.48. The summed E-state index contributed by atoms with van der Waals surface area (Å²) < 4.78 is 26.2. The molecule has 1 aromatic rings. The fraction of sp³-hybridized carbons (Fsp3) is 0.222. The molecule has 0 heterocycles. The number of nitriles is 1. The van der Waals surface area contributed by atoms with Gasteiger partial charge >= 0.3 is 0 Å². The molecular formula is C9H6BrF2NO. The summed E-state index contributed by atoms with van der Waals surface area (Å²) in [7, 11) is 0. The van der Waals surface area contributed by atoms with E-state index in [-0.39, 0.29) is 22.9 Å². The van der Waals surface area contributed by atoms with Crippen molar-refractivity contribution in [3.8, 4) is 11.8 Å². The van der Waals surface area contributed by atoms with Crippen molar-refractivity contribution in [3.05, 3.63) is 27.7 Å². The number of halogens is 3. The van der Waals surface area contributed by atoms with Gasteiger partial charge in [-0.05, 0) is 22.4 Å². The normalized spacial score (nSPS) is 9.86. The summed E-state index contributed by atoms with van der Waals surface area (Å²) in [6, 6.07) is 2.61. The van der Waals surface area contributed by atoms with Crippen LogP contribution in [0.5, 0.6) is 5.75 Å². The predicted molar refractivity (Wildman–Crippen MR) is 49.7 cm³/mol. The minimum atomic E-state index is -0.849. The third-order valence-electron chi connectivity index (χ3n) is 1.72. The first-order valence-corrected chi connectivity index (χ1v) is 4.59. The minimum Gasteiger partial charge on any atom is -0.507 e. The molecular weight excluding hydrogens is 256 g/mol. The van der Waals surface area contributed by atoms with Crippen LogP contribution in [0.4, 0.5) is 8.78 Å². The van der Waals surface area contributed by atoms with Gasteiger partial charge in [-0.3, -0.25) is 0 Å². The van der Waals surface area contributed by atoms with Crippen LogP contribution in [0, 0.1) is 23.0 Å². The van der Waals surface area contributed by atoms with Crippen molar-refractivity contribution in [1.29, 1.82) is 5.26 Å². The molecule has 74 valence electrons. The quantitative estimate of drug-likeness (QED) is 0.833. The Morgan fingerprint density at radius 3 is 2.71 bits per heavy atom. The molecule has 0 bridgehead atoms. The Morgan fingerprint density at radius 2 is 2.14 bits per heavy atom. The topological polar surface area (TPSA) is 44.0 Å². The van der Waals surface area contributed by atoms with E-state index in [2.05, 4.69) is 15.9 Å². The first-order valence-electron chi connectivity index (χ1n) is 3.80. The number of phenolic OH excluding ortho intramolecular Hbond substituents is 1. The van der Waals surface area contributed by atoms with Gasteiger partial charge in [0.25, 0.3) is 0 Å². The molecule has 0 unspecified atom stereocenters. The van der Waals surface area contributed by atoms with Crippen molar-refractivity contribution in [3.63, 3.8) is 0 Å². The lowest BCUT2D eigenvalue weighted by molar-refractivity contribution is 0.451. The molecule has 0 amide bonds. The van der Waals surface area contributed by atoms with Gasteiger partial charge in [0, 0.05) is 18.1 Å². The molecule has 0 aliphatic carbocycles. The zero-order chi connectivity index (χ0) is 10.7. The molecule has 14 heavy (non-hydrogen) atoms. The summed E-state index contributed by atoms with van der Waals surface area (Å²) in [5, 5.41) is 17.3. The van der Waals surface area contributed by atoms with Gasteiger partial charge in [0.15, 0.2) is 0 Å². The maximum Gasteiger partial charge on any atom is 0.147 e. The van der Waals surface area contributed by atoms with E-state index in [1.165, 1.54) is 0 Å². The van der Waals surface area contributed by atoms with Crippen molar-refractivity contribution >= 4 is 15.9 Å². The maximum absolute atomic E-state index is 13.3. The van der Waals surface area contributed by atoms with Gasteiger partial charge in [-0.1, -0.05) is 0 Å². The SMILES string of the molecule is N#CCCc1c(F)cc(O)c(Br)c1F. The second kappa shape index (κ2) is 4.38. The largest absolute Gasteiger partial charge is 0.507 e. The molecule has 0 spiro atoms. The molecule has 0 saturated carbocycles. The molecule has 0 aliphatic heterocycles. The van der Waals surface area contributed by atoms with Gasteiger partial charge in [0.05, 0.1) is 10.5 Å². The molecule has 0 atom stereocenters. The van der Waals surface area contributed by atoms with Gasteiger partial charge in [0.2, 0.25) is 0 Å². The highest BCUT2D eigenvalue weighted by Gasteiger charge is 2.15. The first kappa shape index (κ1) is 10.9. The molecule has 0 saturated heterocycles. The molecule has 0 aromatic heterocycles. The lowest BCUT2D eigenvalue weighted by Crippen LogP contribution is -1.96. The van der Waals surface area contributed by atoms with Gasteiger partial charge in [-0.25, -0.2) is 8.78 Å². The number of nitrogens with zero attached hydrogens (tertiary/aromatic N) is 1. The Bertz CT molecular complexity index is 401. The van der Waals surface area contributed by atoms with Crippen LogP contribution in [-0.4, -0.2) is 5.11 Å². The number of aromatic hydroxyl groups is 1. The molecule has 0 aliphatic rings. The van der Waals surface area contributed by atoms with E-state index in [4.69, 9.17) is 10.4 Å². The van der Waals surface area contributed by atoms with Crippen molar-refractivity contribution in [2.45, 2.75) is 12.8 Å². The second-order valence-electron chi connectivity index (χ2n) is 2.64. The van der Waals surface area contributed by atoms with Crippen molar-refractivity contribution in [2.75, 3.05) is 0 Å². The smallest absolute Gasteiger partial charge is 0.147 e. The molecule has 2 nitrogen and oxygen atoms in total. The summed E-state index contributed by atoms with van der Waals surface area (Å²) in [5.41, 5.74) is -0.184. The number of phenols is 1. The van der Waals surface area contributed by atoms with Crippen LogP contribution < -0.4 is 0 Å². The highest BCUT2D eigenvalue weighted by atomic mass is 79.9. The summed E-state index contributed by atoms with van der Waals surface area (Å²) >= 11 is 2.78. The Hall–Kier alpha value is -1.15. The Labute approximate surface area is 87.9 Å². The predicted octanol–water partition coefficient (Wildman–Crippen LogP) is 2.89. The van der Waals surface area contributed by atoms with Gasteiger partial charge in [-0.2, -0.15) is 5.26 Å². The Balaban J connectivity index is 3.17. The monoisotopic (exact) mass is 261 g/mol. The number of hydrogen-bond donors (Lipinski definition) is 1. The van der Waals surface area contributed by atoms with E-state index in [1.54, 1.807) is 6.07 Å². The van der Waals surface area contributed by atoms with Gasteiger partial charge in [-0.15, -0.1) is 0 Å². The first-order chi connectivity index (χ1) is 6.57. The summed E-state index contributed by atoms with van der Waals surface area (Å²) in [4.78, 5) is 0. The van der Waals surface area contributed by atoms with E-state index in [9.17, 15) is 8.78 Å². The number of benzene rings is 1. The maximum atomic E-state index is 13.3. The molecule has 0 radical (unpaired) electrons. The molecule has 1 aromatic carbocycles. The van der Waals surface area contributed by atoms with Crippen LogP contribution in [0.25, 0.3) is 0 Å². The number of hydrogen-bond acceptors (Lipinski definition) is 2. The van der Waals surface area contributed by atoms with Crippen LogP contribution in [0.3, 0.4) is 0 Å². The third kappa shape index (κ3) is 2.02. The average molecular weight is 262 g/mol. The van der Waals surface area contributed by atoms with Crippen molar-refractivity contribution in [2.24, 2.45) is 0 Å². The van der Waals surface area contributed by atoms with Crippen LogP contribution in [-0.2, 0) is 6.42 Å². The van der Waals surface area contributed by atoms with Crippen LogP contribution in [0.15, 0.2) is 10.5 Å². The second-order valence-corrected chi connectivity index (χ2v) is 3.44. The van der Waals surface area contributed by atoms with E-state index >= 15 is 0 Å². The molecule has 1 N–H and O–H groups in total. The standard InChI is InChI=1S/C9H6BrF2NO/c10-8-7(14)4-6(11)5(9(8)12)2-1-3-13/h4,14H,1-2H2. The average Bonchev–Trinajstić information content (AvgIpc) is 2.14. The molecule has 5 heteroatoms. The van der Waals surface area contributed by atoms with Crippen molar-refractivity contribution < 1.29 is 13.9 Å². The highest BCUT2D eigenvalue weighted by molar-refractivity contribution is 9.10. The fourth-order valence-corrected chi connectivity index (χ4v) is 1.38. The summed E-state index contributed by atoms with van der Waals surface area (Å²) in [5.74, 6) is -2.17. The van der Waals surface area contributed by atoms with Crippen LogP contribution in [0.1, 0.15) is 12.0 Å². The number of rotatable bonds is 2. The van der Waals surface area contributed by atoms with E-state index in [1.807, 2.05) is 0 Å². The Morgan fingerprint density at radius 1 is 1.50 bits per heavy atom. The zero-order valence-electron chi connectivity index (χ0n) is 7.02. The van der Waals surface area contributed by atoms with Crippen LogP contribution in [0.2, 0.25) is 0 Å². The lowest BCUT2D eigenvalue weighted by atomic mass is 10.1. The van der Waals surface area contributed by atoms with E-state index in [0.29, 0.717) is 0 Å². The van der Waals surface area contributed by atoms with E-state index < -0.39 is 17.4 Å². The van der Waals surface area contributed by atoms with Crippen LogP contribution >= 0.6 is 15.9 Å².